The molecule has 2 aliphatic rings. The van der Waals surface area contributed by atoms with Crippen molar-refractivity contribution in [1.29, 1.82) is 0 Å². The summed E-state index contributed by atoms with van der Waals surface area (Å²) in [5.74, 6) is 0.168. The van der Waals surface area contributed by atoms with Crippen LogP contribution in [0.25, 0.3) is 0 Å². The van der Waals surface area contributed by atoms with E-state index in [0.29, 0.717) is 18.9 Å². The van der Waals surface area contributed by atoms with Crippen molar-refractivity contribution in [2.75, 3.05) is 20.1 Å². The Morgan fingerprint density at radius 3 is 2.64 bits per heavy atom. The van der Waals surface area contributed by atoms with Gasteiger partial charge < -0.3 is 10.6 Å². The highest BCUT2D eigenvalue weighted by Gasteiger charge is 2.35. The van der Waals surface area contributed by atoms with E-state index in [9.17, 15) is 9.59 Å². The molecule has 0 bridgehead atoms. The van der Waals surface area contributed by atoms with Gasteiger partial charge in [-0.15, -0.1) is 0 Å². The van der Waals surface area contributed by atoms with Crippen LogP contribution in [0, 0.1) is 0 Å². The van der Waals surface area contributed by atoms with Crippen LogP contribution in [0.3, 0.4) is 0 Å². The maximum atomic E-state index is 11.5. The molecule has 2 aliphatic heterocycles. The summed E-state index contributed by atoms with van der Waals surface area (Å²) in [6.07, 6.45) is 0.334. The molecule has 2 amide bonds. The van der Waals surface area contributed by atoms with E-state index in [2.05, 4.69) is 4.99 Å². The fourth-order valence-electron chi connectivity index (χ4n) is 1.70. The highest BCUT2D eigenvalue weighted by atomic mass is 16.2. The summed E-state index contributed by atoms with van der Waals surface area (Å²) in [6, 6.07) is -0.144. The van der Waals surface area contributed by atoms with Crippen molar-refractivity contribution in [3.05, 3.63) is 0 Å². The summed E-state index contributed by atoms with van der Waals surface area (Å²) < 4.78 is 0. The van der Waals surface area contributed by atoms with Crippen molar-refractivity contribution in [2.24, 2.45) is 10.7 Å². The number of likely N-dealkylation sites (N-methyl/N-ethyl adjacent to an activating group) is 1. The third kappa shape index (κ3) is 1.37. The number of carbonyl (C=O) groups excluding carboxylic acids is 2. The quantitative estimate of drug-likeness (QED) is 0.504. The SMILES string of the molecule is CN1CC(=O)N=C1N1CC(N)CC1=O. The minimum Gasteiger partial charge on any atom is -0.336 e. The van der Waals surface area contributed by atoms with Crippen LogP contribution < -0.4 is 5.73 Å². The fraction of sp³-hybridized carbons (Fsp3) is 0.625. The molecular formula is C8H12N4O2. The molecule has 0 aromatic heterocycles. The van der Waals surface area contributed by atoms with Crippen molar-refractivity contribution in [2.45, 2.75) is 12.5 Å². The van der Waals surface area contributed by atoms with Crippen molar-refractivity contribution < 1.29 is 9.59 Å². The minimum atomic E-state index is -0.212. The summed E-state index contributed by atoms with van der Waals surface area (Å²) in [4.78, 5) is 29.4. The summed E-state index contributed by atoms with van der Waals surface area (Å²) >= 11 is 0. The minimum absolute atomic E-state index is 0.0576. The van der Waals surface area contributed by atoms with Gasteiger partial charge in [0.15, 0.2) is 0 Å². The van der Waals surface area contributed by atoms with Gasteiger partial charge in [0.25, 0.3) is 5.91 Å². The Labute approximate surface area is 81.4 Å². The third-order valence-electron chi connectivity index (χ3n) is 2.33. The topological polar surface area (TPSA) is 79.0 Å². The Kier molecular flexibility index (Phi) is 1.99. The van der Waals surface area contributed by atoms with Gasteiger partial charge in [0, 0.05) is 26.1 Å². The summed E-state index contributed by atoms with van der Waals surface area (Å²) in [5, 5.41) is 0. The van der Waals surface area contributed by atoms with Gasteiger partial charge in [0.05, 0.1) is 0 Å². The van der Waals surface area contributed by atoms with Crippen molar-refractivity contribution >= 4 is 17.8 Å². The first-order valence-electron chi connectivity index (χ1n) is 4.46. The smallest absolute Gasteiger partial charge is 0.268 e. The maximum Gasteiger partial charge on any atom is 0.268 e. The molecule has 2 heterocycles. The van der Waals surface area contributed by atoms with Gasteiger partial charge in [-0.1, -0.05) is 0 Å². The Morgan fingerprint density at radius 1 is 1.50 bits per heavy atom. The van der Waals surface area contributed by atoms with Crippen LogP contribution >= 0.6 is 0 Å². The molecule has 6 heteroatoms. The Hall–Kier alpha value is -1.43. The average molecular weight is 196 g/mol. The number of hydrogen-bond acceptors (Lipinski definition) is 4. The zero-order valence-corrected chi connectivity index (χ0v) is 7.93. The first-order chi connectivity index (χ1) is 6.58. The van der Waals surface area contributed by atoms with E-state index in [1.165, 1.54) is 4.90 Å². The lowest BCUT2D eigenvalue weighted by molar-refractivity contribution is -0.124. The number of rotatable bonds is 0. The predicted octanol–water partition coefficient (Wildman–Crippen LogP) is -1.63. The largest absolute Gasteiger partial charge is 0.336 e. The normalized spacial score (nSPS) is 27.6. The lowest BCUT2D eigenvalue weighted by Crippen LogP contribution is -2.41. The molecule has 0 aliphatic carbocycles. The molecule has 14 heavy (non-hydrogen) atoms. The van der Waals surface area contributed by atoms with Crippen LogP contribution in [0.15, 0.2) is 4.99 Å². The second kappa shape index (κ2) is 3.06. The molecule has 2 rings (SSSR count). The number of likely N-dealkylation sites (tertiary alicyclic amines) is 1. The molecule has 0 radical (unpaired) electrons. The molecule has 1 saturated heterocycles. The number of carbonyl (C=O) groups is 2. The van der Waals surface area contributed by atoms with Crippen LogP contribution in [-0.4, -0.2) is 53.8 Å². The highest BCUT2D eigenvalue weighted by Crippen LogP contribution is 2.14. The van der Waals surface area contributed by atoms with E-state index in [-0.39, 0.29) is 24.4 Å². The van der Waals surface area contributed by atoms with Gasteiger partial charge in [-0.3, -0.25) is 14.5 Å². The number of amides is 2. The number of aliphatic imine (C=N–C) groups is 1. The molecule has 6 nitrogen and oxygen atoms in total. The lowest BCUT2D eigenvalue weighted by atomic mass is 10.3. The predicted molar refractivity (Wildman–Crippen MR) is 49.4 cm³/mol. The number of nitrogens with zero attached hydrogens (tertiary/aromatic N) is 3. The molecule has 76 valence electrons. The Morgan fingerprint density at radius 2 is 2.21 bits per heavy atom. The van der Waals surface area contributed by atoms with Gasteiger partial charge in [-0.2, -0.15) is 4.99 Å². The fourth-order valence-corrected chi connectivity index (χ4v) is 1.70. The molecule has 2 N–H and O–H groups in total. The first kappa shape index (κ1) is 9.14. The molecule has 1 atom stereocenters. The molecule has 0 saturated carbocycles. The van der Waals surface area contributed by atoms with Gasteiger partial charge in [-0.05, 0) is 0 Å². The van der Waals surface area contributed by atoms with E-state index >= 15 is 0 Å². The Bertz CT molecular complexity index is 325. The van der Waals surface area contributed by atoms with Crippen LogP contribution in [0.2, 0.25) is 0 Å². The highest BCUT2D eigenvalue weighted by molar-refractivity contribution is 6.07. The summed E-state index contributed by atoms with van der Waals surface area (Å²) in [5.41, 5.74) is 5.64. The van der Waals surface area contributed by atoms with Crippen LogP contribution in [0.5, 0.6) is 0 Å². The van der Waals surface area contributed by atoms with Gasteiger partial charge >= 0.3 is 0 Å². The molecule has 1 unspecified atom stereocenters. The maximum absolute atomic E-state index is 11.5. The molecule has 0 aromatic rings. The second-order valence-corrected chi connectivity index (χ2v) is 3.63. The third-order valence-corrected chi connectivity index (χ3v) is 2.33. The lowest BCUT2D eigenvalue weighted by Gasteiger charge is -2.21. The Balaban J connectivity index is 2.19. The van der Waals surface area contributed by atoms with E-state index < -0.39 is 0 Å². The van der Waals surface area contributed by atoms with Crippen molar-refractivity contribution in [1.82, 2.24) is 9.80 Å². The first-order valence-corrected chi connectivity index (χ1v) is 4.46. The zero-order valence-electron chi connectivity index (χ0n) is 7.93. The molecule has 1 fully saturated rings. The van der Waals surface area contributed by atoms with E-state index in [4.69, 9.17) is 5.73 Å². The van der Waals surface area contributed by atoms with Crippen molar-refractivity contribution in [3.63, 3.8) is 0 Å². The average Bonchev–Trinajstić information content (AvgIpc) is 2.55. The summed E-state index contributed by atoms with van der Waals surface area (Å²) in [6.45, 7) is 0.698. The van der Waals surface area contributed by atoms with Crippen LogP contribution in [-0.2, 0) is 9.59 Å². The van der Waals surface area contributed by atoms with Gasteiger partial charge in [0.1, 0.15) is 6.54 Å². The molecule has 0 spiro atoms. The van der Waals surface area contributed by atoms with E-state index in [1.807, 2.05) is 0 Å². The van der Waals surface area contributed by atoms with Crippen LogP contribution in [0.1, 0.15) is 6.42 Å². The number of nitrogens with two attached hydrogens (primary N) is 1. The van der Waals surface area contributed by atoms with Crippen LogP contribution in [0.4, 0.5) is 0 Å². The van der Waals surface area contributed by atoms with E-state index in [0.717, 1.165) is 0 Å². The summed E-state index contributed by atoms with van der Waals surface area (Å²) in [7, 11) is 1.74. The second-order valence-electron chi connectivity index (χ2n) is 3.63. The number of hydrogen-bond donors (Lipinski definition) is 1. The molecule has 0 aromatic carbocycles. The number of guanidine groups is 1. The molecular weight excluding hydrogens is 184 g/mol. The monoisotopic (exact) mass is 196 g/mol. The standard InChI is InChI=1S/C8H12N4O2/c1-11-4-6(13)10-8(11)12-3-5(9)2-7(12)14/h5H,2-4,9H2,1H3. The van der Waals surface area contributed by atoms with E-state index in [1.54, 1.807) is 11.9 Å². The van der Waals surface area contributed by atoms with Gasteiger partial charge in [0.2, 0.25) is 11.9 Å². The zero-order chi connectivity index (χ0) is 10.3. The van der Waals surface area contributed by atoms with Gasteiger partial charge in [-0.25, -0.2) is 0 Å². The van der Waals surface area contributed by atoms with Crippen molar-refractivity contribution in [3.8, 4) is 0 Å².